The number of anilines is 1. The van der Waals surface area contributed by atoms with Gasteiger partial charge in [-0.2, -0.15) is 13.2 Å². The minimum absolute atomic E-state index is 0.185. The number of nitrogens with two attached hydrogens (primary N) is 1. The number of hydrogen-bond donors (Lipinski definition) is 1. The predicted molar refractivity (Wildman–Crippen MR) is 103 cm³/mol. The average Bonchev–Trinajstić information content (AvgIpc) is 2.62. The first-order valence-electron chi connectivity index (χ1n) is 8.37. The first-order chi connectivity index (χ1) is 12.7. The molecule has 1 heterocycles. The lowest BCUT2D eigenvalue weighted by Crippen LogP contribution is -2.36. The summed E-state index contributed by atoms with van der Waals surface area (Å²) < 4.78 is 40.2. The van der Waals surface area contributed by atoms with Crippen LogP contribution in [0.25, 0.3) is 5.57 Å². The van der Waals surface area contributed by atoms with Crippen molar-refractivity contribution in [2.75, 3.05) is 12.3 Å². The molecule has 7 heteroatoms. The van der Waals surface area contributed by atoms with Crippen molar-refractivity contribution in [1.29, 1.82) is 0 Å². The van der Waals surface area contributed by atoms with E-state index >= 15 is 0 Å². The molecule has 0 radical (unpaired) electrons. The molecule has 0 bridgehead atoms. The standard InChI is InChI=1S/C20H18BrF3N2O/c1-12(27)26-8-7-13(17-11-16(21)5-6-18(17)25)10-19(26)14-3-2-4-15(9-14)20(22,23)24/h2-6,9-11,19H,7-8,25H2,1H3. The zero-order valence-corrected chi connectivity index (χ0v) is 16.1. The molecule has 3 nitrogen and oxygen atoms in total. The molecule has 0 saturated heterocycles. The Morgan fingerprint density at radius 1 is 1.22 bits per heavy atom. The third-order valence-corrected chi connectivity index (χ3v) is 5.13. The molecule has 2 N–H and O–H groups in total. The summed E-state index contributed by atoms with van der Waals surface area (Å²) in [6, 6.07) is 10.0. The Kier molecular flexibility index (Phi) is 5.33. The number of amides is 1. The van der Waals surface area contributed by atoms with Gasteiger partial charge in [0.25, 0.3) is 0 Å². The summed E-state index contributed by atoms with van der Waals surface area (Å²) in [5, 5.41) is 0. The second-order valence-electron chi connectivity index (χ2n) is 6.45. The van der Waals surface area contributed by atoms with Gasteiger partial charge in [0.15, 0.2) is 0 Å². The second kappa shape index (κ2) is 7.38. The van der Waals surface area contributed by atoms with Crippen molar-refractivity contribution >= 4 is 33.1 Å². The van der Waals surface area contributed by atoms with Crippen LogP contribution in [0.2, 0.25) is 0 Å². The Labute approximate surface area is 163 Å². The van der Waals surface area contributed by atoms with Crippen molar-refractivity contribution in [3.63, 3.8) is 0 Å². The molecule has 2 aromatic carbocycles. The fourth-order valence-corrected chi connectivity index (χ4v) is 3.66. The molecule has 0 aromatic heterocycles. The van der Waals surface area contributed by atoms with Crippen LogP contribution < -0.4 is 5.73 Å². The molecule has 1 aliphatic heterocycles. The summed E-state index contributed by atoms with van der Waals surface area (Å²) >= 11 is 3.42. The molecular formula is C20H18BrF3N2O. The van der Waals surface area contributed by atoms with Gasteiger partial charge in [0, 0.05) is 29.2 Å². The molecule has 1 atom stereocenters. The highest BCUT2D eigenvalue weighted by atomic mass is 79.9. The van der Waals surface area contributed by atoms with Crippen molar-refractivity contribution in [3.8, 4) is 0 Å². The number of benzene rings is 2. The van der Waals surface area contributed by atoms with Crippen LogP contribution in [0.5, 0.6) is 0 Å². The number of hydrogen-bond acceptors (Lipinski definition) is 2. The van der Waals surface area contributed by atoms with E-state index < -0.39 is 17.8 Å². The van der Waals surface area contributed by atoms with Crippen LogP contribution in [0, 0.1) is 0 Å². The van der Waals surface area contributed by atoms with E-state index in [1.54, 1.807) is 17.0 Å². The lowest BCUT2D eigenvalue weighted by Gasteiger charge is -2.35. The summed E-state index contributed by atoms with van der Waals surface area (Å²) in [5.74, 6) is -0.185. The van der Waals surface area contributed by atoms with E-state index in [9.17, 15) is 18.0 Å². The first kappa shape index (κ1) is 19.5. The van der Waals surface area contributed by atoms with Gasteiger partial charge >= 0.3 is 6.18 Å². The third kappa shape index (κ3) is 4.18. The van der Waals surface area contributed by atoms with Crippen LogP contribution in [0.15, 0.2) is 53.0 Å². The van der Waals surface area contributed by atoms with Crippen molar-refractivity contribution in [1.82, 2.24) is 4.90 Å². The van der Waals surface area contributed by atoms with Gasteiger partial charge in [0.05, 0.1) is 11.6 Å². The van der Waals surface area contributed by atoms with Gasteiger partial charge in [-0.1, -0.05) is 34.1 Å². The number of nitrogen functional groups attached to an aromatic ring is 1. The lowest BCUT2D eigenvalue weighted by molar-refractivity contribution is -0.137. The minimum atomic E-state index is -4.44. The number of nitrogens with zero attached hydrogens (tertiary/aromatic N) is 1. The number of alkyl halides is 3. The van der Waals surface area contributed by atoms with Gasteiger partial charge < -0.3 is 10.6 Å². The molecule has 0 aliphatic carbocycles. The summed E-state index contributed by atoms with van der Waals surface area (Å²) in [4.78, 5) is 13.6. The van der Waals surface area contributed by atoms with Crippen molar-refractivity contribution in [3.05, 3.63) is 69.7 Å². The smallest absolute Gasteiger partial charge is 0.398 e. The molecule has 1 amide bonds. The number of rotatable bonds is 2. The third-order valence-electron chi connectivity index (χ3n) is 4.64. The van der Waals surface area contributed by atoms with E-state index in [0.29, 0.717) is 24.2 Å². The Bertz CT molecular complexity index is 908. The number of carbonyl (C=O) groups excluding carboxylic acids is 1. The highest BCUT2D eigenvalue weighted by molar-refractivity contribution is 9.10. The van der Waals surface area contributed by atoms with E-state index in [-0.39, 0.29) is 5.91 Å². The monoisotopic (exact) mass is 438 g/mol. The molecule has 0 saturated carbocycles. The number of carbonyl (C=O) groups is 1. The summed E-state index contributed by atoms with van der Waals surface area (Å²) in [5.41, 5.74) is 8.10. The van der Waals surface area contributed by atoms with Crippen LogP contribution in [0.3, 0.4) is 0 Å². The molecule has 3 rings (SSSR count). The SMILES string of the molecule is CC(=O)N1CCC(c2cc(Br)ccc2N)=CC1c1cccc(C(F)(F)F)c1. The Morgan fingerprint density at radius 2 is 1.96 bits per heavy atom. The normalized spacial score (nSPS) is 17.6. The van der Waals surface area contributed by atoms with Crippen LogP contribution in [0.4, 0.5) is 18.9 Å². The molecular weight excluding hydrogens is 421 g/mol. The maximum Gasteiger partial charge on any atom is 0.416 e. The molecule has 2 aromatic rings. The molecule has 0 fully saturated rings. The van der Waals surface area contributed by atoms with Gasteiger partial charge in [-0.3, -0.25) is 4.79 Å². The lowest BCUT2D eigenvalue weighted by atomic mass is 9.91. The molecule has 1 unspecified atom stereocenters. The average molecular weight is 439 g/mol. The quantitative estimate of drug-likeness (QED) is 0.635. The van der Waals surface area contributed by atoms with Gasteiger partial charge in [-0.25, -0.2) is 0 Å². The summed E-state index contributed by atoms with van der Waals surface area (Å²) in [7, 11) is 0. The van der Waals surface area contributed by atoms with E-state index in [2.05, 4.69) is 15.9 Å². The molecule has 27 heavy (non-hydrogen) atoms. The van der Waals surface area contributed by atoms with Crippen molar-refractivity contribution in [2.24, 2.45) is 0 Å². The van der Waals surface area contributed by atoms with Gasteiger partial charge in [0.2, 0.25) is 5.91 Å². The zero-order chi connectivity index (χ0) is 19.8. The topological polar surface area (TPSA) is 46.3 Å². The Hall–Kier alpha value is -2.28. The molecule has 0 spiro atoms. The highest BCUT2D eigenvalue weighted by Gasteiger charge is 2.32. The predicted octanol–water partition coefficient (Wildman–Crippen LogP) is 5.43. The Morgan fingerprint density at radius 3 is 2.63 bits per heavy atom. The second-order valence-corrected chi connectivity index (χ2v) is 7.37. The van der Waals surface area contributed by atoms with Crippen LogP contribution >= 0.6 is 15.9 Å². The fraction of sp³-hybridized carbons (Fsp3) is 0.250. The minimum Gasteiger partial charge on any atom is -0.398 e. The van der Waals surface area contributed by atoms with E-state index in [0.717, 1.165) is 27.7 Å². The van der Waals surface area contributed by atoms with Gasteiger partial charge in [-0.05, 0) is 47.9 Å². The van der Waals surface area contributed by atoms with Crippen LogP contribution in [0.1, 0.15) is 36.1 Å². The van der Waals surface area contributed by atoms with Crippen molar-refractivity contribution in [2.45, 2.75) is 25.6 Å². The maximum absolute atomic E-state index is 13.1. The van der Waals surface area contributed by atoms with E-state index in [1.807, 2.05) is 18.2 Å². The molecule has 142 valence electrons. The molecule has 1 aliphatic rings. The maximum atomic E-state index is 13.1. The van der Waals surface area contributed by atoms with Crippen LogP contribution in [-0.2, 0) is 11.0 Å². The van der Waals surface area contributed by atoms with E-state index in [4.69, 9.17) is 5.73 Å². The van der Waals surface area contributed by atoms with Crippen molar-refractivity contribution < 1.29 is 18.0 Å². The van der Waals surface area contributed by atoms with E-state index in [1.165, 1.54) is 13.0 Å². The van der Waals surface area contributed by atoms with Gasteiger partial charge in [0.1, 0.15) is 0 Å². The fourth-order valence-electron chi connectivity index (χ4n) is 3.30. The summed E-state index contributed by atoms with van der Waals surface area (Å²) in [6.45, 7) is 1.83. The highest BCUT2D eigenvalue weighted by Crippen LogP contribution is 2.38. The summed E-state index contributed by atoms with van der Waals surface area (Å²) in [6.07, 6.45) is -2.03. The number of halogens is 4. The van der Waals surface area contributed by atoms with Crippen LogP contribution in [-0.4, -0.2) is 17.4 Å². The Balaban J connectivity index is 2.09. The van der Waals surface area contributed by atoms with Gasteiger partial charge in [-0.15, -0.1) is 0 Å². The zero-order valence-electron chi connectivity index (χ0n) is 14.6. The largest absolute Gasteiger partial charge is 0.416 e. The first-order valence-corrected chi connectivity index (χ1v) is 9.16.